The molecule has 102 valence electrons. The number of anilines is 1. The molecule has 0 spiro atoms. The van der Waals surface area contributed by atoms with E-state index in [1.54, 1.807) is 6.07 Å². The van der Waals surface area contributed by atoms with E-state index in [4.69, 9.17) is 16.9 Å². The van der Waals surface area contributed by atoms with Gasteiger partial charge >= 0.3 is 0 Å². The molecule has 1 aromatic carbocycles. The number of benzene rings is 1. The molecule has 1 N–H and O–H groups in total. The van der Waals surface area contributed by atoms with Crippen LogP contribution in [0.5, 0.6) is 0 Å². The van der Waals surface area contributed by atoms with Crippen LogP contribution in [0.15, 0.2) is 18.2 Å². The molecule has 0 amide bonds. The summed E-state index contributed by atoms with van der Waals surface area (Å²) in [5.74, 6) is 0. The van der Waals surface area contributed by atoms with Crippen LogP contribution in [0, 0.1) is 11.3 Å². The first kappa shape index (κ1) is 14.2. The number of halogens is 1. The molecule has 0 saturated heterocycles. The van der Waals surface area contributed by atoms with Crippen LogP contribution in [0.2, 0.25) is 5.02 Å². The molecular weight excluding hydrogens is 260 g/mol. The molecule has 1 aromatic rings. The molecule has 2 atom stereocenters. The van der Waals surface area contributed by atoms with Crippen molar-refractivity contribution in [2.45, 2.75) is 44.8 Å². The minimum atomic E-state index is -0.193. The summed E-state index contributed by atoms with van der Waals surface area (Å²) in [6.45, 7) is 2.98. The Bertz CT molecular complexity index is 484. The average molecular weight is 279 g/mol. The van der Waals surface area contributed by atoms with Crippen molar-refractivity contribution in [2.75, 3.05) is 11.4 Å². The number of rotatable bonds is 3. The standard InChI is InChI=1S/C15H19ClN2O/c1-2-18(12-4-3-5-14(19)8-12)13-7-6-11(10-17)15(16)9-13/h6-7,9,12,14,19H,2-5,8H2,1H3. The van der Waals surface area contributed by atoms with Crippen LogP contribution < -0.4 is 4.90 Å². The smallest absolute Gasteiger partial charge is 0.101 e. The zero-order chi connectivity index (χ0) is 13.8. The molecule has 0 radical (unpaired) electrons. The van der Waals surface area contributed by atoms with Gasteiger partial charge in [-0.05, 0) is 50.8 Å². The van der Waals surface area contributed by atoms with Crippen LogP contribution in [-0.2, 0) is 0 Å². The molecule has 19 heavy (non-hydrogen) atoms. The Labute approximate surface area is 119 Å². The lowest BCUT2D eigenvalue weighted by atomic mass is 9.91. The van der Waals surface area contributed by atoms with Gasteiger partial charge in [0.05, 0.1) is 16.7 Å². The predicted octanol–water partition coefficient (Wildman–Crippen LogP) is 3.34. The summed E-state index contributed by atoms with van der Waals surface area (Å²) in [5, 5.41) is 19.2. The first-order valence-corrected chi connectivity index (χ1v) is 7.17. The molecule has 2 unspecified atom stereocenters. The van der Waals surface area contributed by atoms with Crippen LogP contribution >= 0.6 is 11.6 Å². The maximum Gasteiger partial charge on any atom is 0.101 e. The highest BCUT2D eigenvalue weighted by atomic mass is 35.5. The molecule has 1 fully saturated rings. The van der Waals surface area contributed by atoms with Crippen LogP contribution in [-0.4, -0.2) is 23.8 Å². The second kappa shape index (κ2) is 6.27. The number of aliphatic hydroxyl groups excluding tert-OH is 1. The number of nitrogens with zero attached hydrogens (tertiary/aromatic N) is 2. The third-order valence-corrected chi connectivity index (χ3v) is 4.12. The van der Waals surface area contributed by atoms with Crippen LogP contribution in [0.1, 0.15) is 38.2 Å². The first-order chi connectivity index (χ1) is 9.15. The van der Waals surface area contributed by atoms with Crippen molar-refractivity contribution < 1.29 is 5.11 Å². The Balaban J connectivity index is 2.22. The van der Waals surface area contributed by atoms with E-state index >= 15 is 0 Å². The second-order valence-electron chi connectivity index (χ2n) is 5.04. The third kappa shape index (κ3) is 3.20. The van der Waals surface area contributed by atoms with Gasteiger partial charge < -0.3 is 10.0 Å². The van der Waals surface area contributed by atoms with Gasteiger partial charge in [-0.25, -0.2) is 0 Å². The van der Waals surface area contributed by atoms with Crippen molar-refractivity contribution in [3.8, 4) is 6.07 Å². The summed E-state index contributed by atoms with van der Waals surface area (Å²) in [6.07, 6.45) is 3.68. The summed E-state index contributed by atoms with van der Waals surface area (Å²) in [7, 11) is 0. The van der Waals surface area contributed by atoms with E-state index < -0.39 is 0 Å². The summed E-state index contributed by atoms with van der Waals surface area (Å²) >= 11 is 6.10. The number of hydrogen-bond acceptors (Lipinski definition) is 3. The molecule has 1 aliphatic rings. The molecule has 0 aromatic heterocycles. The third-order valence-electron chi connectivity index (χ3n) is 3.81. The molecule has 4 heteroatoms. The summed E-state index contributed by atoms with van der Waals surface area (Å²) < 4.78 is 0. The van der Waals surface area contributed by atoms with Gasteiger partial charge in [-0.2, -0.15) is 5.26 Å². The van der Waals surface area contributed by atoms with Gasteiger partial charge in [0, 0.05) is 18.3 Å². The quantitative estimate of drug-likeness (QED) is 0.922. The lowest BCUT2D eigenvalue weighted by molar-refractivity contribution is 0.118. The van der Waals surface area contributed by atoms with Crippen LogP contribution in [0.3, 0.4) is 0 Å². The molecule has 2 rings (SSSR count). The maximum absolute atomic E-state index is 9.81. The van der Waals surface area contributed by atoms with Crippen molar-refractivity contribution in [3.05, 3.63) is 28.8 Å². The average Bonchev–Trinajstić information content (AvgIpc) is 2.40. The van der Waals surface area contributed by atoms with Crippen molar-refractivity contribution in [1.82, 2.24) is 0 Å². The van der Waals surface area contributed by atoms with Gasteiger partial charge in [0.1, 0.15) is 6.07 Å². The summed E-state index contributed by atoms with van der Waals surface area (Å²) in [6, 6.07) is 7.99. The van der Waals surface area contributed by atoms with Gasteiger partial charge in [0.15, 0.2) is 0 Å². The number of aliphatic hydroxyl groups is 1. The van der Waals surface area contributed by atoms with E-state index in [1.807, 2.05) is 12.1 Å². The monoisotopic (exact) mass is 278 g/mol. The van der Waals surface area contributed by atoms with Crippen molar-refractivity contribution in [3.63, 3.8) is 0 Å². The van der Waals surface area contributed by atoms with E-state index in [0.29, 0.717) is 16.6 Å². The van der Waals surface area contributed by atoms with E-state index in [-0.39, 0.29) is 6.10 Å². The van der Waals surface area contributed by atoms with Crippen LogP contribution in [0.25, 0.3) is 0 Å². The highest BCUT2D eigenvalue weighted by molar-refractivity contribution is 6.32. The van der Waals surface area contributed by atoms with E-state index in [9.17, 15) is 5.11 Å². The number of nitriles is 1. The molecule has 0 heterocycles. The van der Waals surface area contributed by atoms with E-state index in [0.717, 1.165) is 37.9 Å². The maximum atomic E-state index is 9.81. The Morgan fingerprint density at radius 3 is 2.84 bits per heavy atom. The van der Waals surface area contributed by atoms with Crippen molar-refractivity contribution >= 4 is 17.3 Å². The van der Waals surface area contributed by atoms with Crippen LogP contribution in [0.4, 0.5) is 5.69 Å². The van der Waals surface area contributed by atoms with Crippen molar-refractivity contribution in [1.29, 1.82) is 5.26 Å². The Kier molecular flexibility index (Phi) is 4.68. The zero-order valence-electron chi connectivity index (χ0n) is 11.1. The zero-order valence-corrected chi connectivity index (χ0v) is 11.9. The van der Waals surface area contributed by atoms with Gasteiger partial charge in [-0.3, -0.25) is 0 Å². The van der Waals surface area contributed by atoms with Gasteiger partial charge in [-0.1, -0.05) is 11.6 Å². The van der Waals surface area contributed by atoms with Gasteiger partial charge in [-0.15, -0.1) is 0 Å². The van der Waals surface area contributed by atoms with E-state index in [2.05, 4.69) is 17.9 Å². The Morgan fingerprint density at radius 1 is 1.47 bits per heavy atom. The minimum Gasteiger partial charge on any atom is -0.393 e. The molecule has 1 saturated carbocycles. The lowest BCUT2D eigenvalue weighted by Gasteiger charge is -2.37. The molecule has 1 aliphatic carbocycles. The lowest BCUT2D eigenvalue weighted by Crippen LogP contribution is -2.40. The fraction of sp³-hybridized carbons (Fsp3) is 0.533. The fourth-order valence-corrected chi connectivity index (χ4v) is 3.06. The van der Waals surface area contributed by atoms with E-state index in [1.165, 1.54) is 0 Å². The molecule has 3 nitrogen and oxygen atoms in total. The highest BCUT2D eigenvalue weighted by Gasteiger charge is 2.25. The van der Waals surface area contributed by atoms with Gasteiger partial charge in [0.25, 0.3) is 0 Å². The predicted molar refractivity (Wildman–Crippen MR) is 77.4 cm³/mol. The molecular formula is C15H19ClN2O. The highest BCUT2D eigenvalue weighted by Crippen LogP contribution is 2.30. The Morgan fingerprint density at radius 2 is 2.26 bits per heavy atom. The molecule has 0 bridgehead atoms. The van der Waals surface area contributed by atoms with Gasteiger partial charge in [0.2, 0.25) is 0 Å². The topological polar surface area (TPSA) is 47.3 Å². The summed E-state index contributed by atoms with van der Waals surface area (Å²) in [4.78, 5) is 2.27. The first-order valence-electron chi connectivity index (χ1n) is 6.80. The largest absolute Gasteiger partial charge is 0.393 e. The SMILES string of the molecule is CCN(c1ccc(C#N)c(Cl)c1)C1CCCC(O)C1. The molecule has 0 aliphatic heterocycles. The fourth-order valence-electron chi connectivity index (χ4n) is 2.85. The van der Waals surface area contributed by atoms with Crippen molar-refractivity contribution in [2.24, 2.45) is 0 Å². The number of hydrogen-bond donors (Lipinski definition) is 1. The normalized spacial score (nSPS) is 22.8. The second-order valence-corrected chi connectivity index (χ2v) is 5.44. The Hall–Kier alpha value is -1.24. The minimum absolute atomic E-state index is 0.193. The summed E-state index contributed by atoms with van der Waals surface area (Å²) in [5.41, 5.74) is 1.54.